The first-order valence-corrected chi connectivity index (χ1v) is 8.76. The lowest BCUT2D eigenvalue weighted by Gasteiger charge is -2.42. The van der Waals surface area contributed by atoms with Gasteiger partial charge < -0.3 is 10.4 Å². The largest absolute Gasteiger partial charge is 0.480 e. The molecule has 2 aliphatic carbocycles. The maximum atomic E-state index is 12.4. The van der Waals surface area contributed by atoms with E-state index in [1.165, 1.54) is 12.8 Å². The van der Waals surface area contributed by atoms with Crippen LogP contribution in [0, 0.1) is 5.92 Å². The van der Waals surface area contributed by atoms with Crippen LogP contribution in [0.15, 0.2) is 18.5 Å². The van der Waals surface area contributed by atoms with E-state index in [0.717, 1.165) is 31.4 Å². The fourth-order valence-electron chi connectivity index (χ4n) is 3.35. The van der Waals surface area contributed by atoms with Crippen molar-refractivity contribution < 1.29 is 14.7 Å². The van der Waals surface area contributed by atoms with Crippen LogP contribution in [0.4, 0.5) is 0 Å². The van der Waals surface area contributed by atoms with Crippen LogP contribution in [-0.2, 0) is 11.2 Å². The van der Waals surface area contributed by atoms with E-state index >= 15 is 0 Å². The molecule has 0 radical (unpaired) electrons. The molecule has 0 spiro atoms. The van der Waals surface area contributed by atoms with Crippen LogP contribution in [0.25, 0.3) is 0 Å². The summed E-state index contributed by atoms with van der Waals surface area (Å²) in [5.41, 5.74) is 1.64. The Morgan fingerprint density at radius 3 is 2.75 bits per heavy atom. The van der Waals surface area contributed by atoms with Crippen molar-refractivity contribution in [2.45, 2.75) is 51.1 Å². The van der Waals surface area contributed by atoms with Crippen molar-refractivity contribution >= 4 is 11.9 Å². The number of amides is 1. The number of nitrogens with one attached hydrogen (secondary N) is 1. The van der Waals surface area contributed by atoms with Crippen molar-refractivity contribution in [3.05, 3.63) is 29.6 Å². The molecule has 0 bridgehead atoms. The molecule has 0 saturated heterocycles. The van der Waals surface area contributed by atoms with Gasteiger partial charge in [-0.2, -0.15) is 0 Å². The molecule has 1 amide bonds. The molecular formula is C18H25N3O3. The average Bonchev–Trinajstić information content (AvgIpc) is 3.33. The van der Waals surface area contributed by atoms with Crippen LogP contribution in [-0.4, -0.2) is 52.0 Å². The summed E-state index contributed by atoms with van der Waals surface area (Å²) in [4.78, 5) is 29.6. The first-order chi connectivity index (χ1) is 11.6. The standard InChI is InChI=1S/C18H25N3O3/c1-2-13-9-19-6-5-16(13)18(24)20-14-7-15(8-14)21(11-17(22)23)10-12-3-4-12/h5-6,9,12,14-15H,2-4,7-8,10-11H2,1H3,(H,20,24)(H,22,23). The summed E-state index contributed by atoms with van der Waals surface area (Å²) in [6.45, 7) is 2.99. The molecule has 0 aromatic carbocycles. The second-order valence-electron chi connectivity index (χ2n) is 6.95. The Morgan fingerprint density at radius 1 is 1.38 bits per heavy atom. The molecule has 6 nitrogen and oxygen atoms in total. The van der Waals surface area contributed by atoms with E-state index in [1.54, 1.807) is 18.5 Å². The van der Waals surface area contributed by atoms with Gasteiger partial charge >= 0.3 is 5.97 Å². The van der Waals surface area contributed by atoms with Gasteiger partial charge in [0.2, 0.25) is 0 Å². The van der Waals surface area contributed by atoms with Crippen molar-refractivity contribution in [1.29, 1.82) is 0 Å². The number of hydrogen-bond donors (Lipinski definition) is 2. The summed E-state index contributed by atoms with van der Waals surface area (Å²) in [5.74, 6) is -0.154. The molecule has 0 atom stereocenters. The molecule has 0 aliphatic heterocycles. The smallest absolute Gasteiger partial charge is 0.317 e. The van der Waals surface area contributed by atoms with E-state index < -0.39 is 5.97 Å². The molecule has 6 heteroatoms. The summed E-state index contributed by atoms with van der Waals surface area (Å²) in [6.07, 6.45) is 8.24. The summed E-state index contributed by atoms with van der Waals surface area (Å²) in [5, 5.41) is 12.2. The van der Waals surface area contributed by atoms with Gasteiger partial charge in [0, 0.05) is 36.6 Å². The SMILES string of the molecule is CCc1cnccc1C(=O)NC1CC(N(CC(=O)O)CC2CC2)C1. The first-order valence-electron chi connectivity index (χ1n) is 8.76. The number of rotatable bonds is 8. The molecule has 2 saturated carbocycles. The fraction of sp³-hybridized carbons (Fsp3) is 0.611. The number of hydrogen-bond acceptors (Lipinski definition) is 4. The minimum atomic E-state index is -0.771. The Morgan fingerprint density at radius 2 is 2.12 bits per heavy atom. The highest BCUT2D eigenvalue weighted by Gasteiger charge is 2.37. The predicted molar refractivity (Wildman–Crippen MR) is 89.8 cm³/mol. The van der Waals surface area contributed by atoms with Gasteiger partial charge in [-0.25, -0.2) is 0 Å². The number of carboxylic acids is 1. The molecular weight excluding hydrogens is 306 g/mol. The van der Waals surface area contributed by atoms with Gasteiger partial charge in [0.15, 0.2) is 0 Å². The first kappa shape index (κ1) is 16.9. The Bertz CT molecular complexity index is 609. The molecule has 0 unspecified atom stereocenters. The number of aryl methyl sites for hydroxylation is 1. The Balaban J connectivity index is 1.51. The number of pyridine rings is 1. The number of nitrogens with zero attached hydrogens (tertiary/aromatic N) is 2. The van der Waals surface area contributed by atoms with E-state index in [-0.39, 0.29) is 24.5 Å². The van der Waals surface area contributed by atoms with Crippen LogP contribution >= 0.6 is 0 Å². The zero-order chi connectivity index (χ0) is 17.1. The second kappa shape index (κ2) is 7.30. The van der Waals surface area contributed by atoms with Gasteiger partial charge in [-0.1, -0.05) is 6.92 Å². The summed E-state index contributed by atoms with van der Waals surface area (Å²) >= 11 is 0. The summed E-state index contributed by atoms with van der Waals surface area (Å²) in [6, 6.07) is 2.17. The molecule has 24 heavy (non-hydrogen) atoms. The molecule has 130 valence electrons. The van der Waals surface area contributed by atoms with E-state index in [1.807, 2.05) is 6.92 Å². The maximum absolute atomic E-state index is 12.4. The van der Waals surface area contributed by atoms with E-state index in [0.29, 0.717) is 11.5 Å². The number of aromatic nitrogens is 1. The molecule has 3 rings (SSSR count). The lowest BCUT2D eigenvalue weighted by atomic mass is 9.85. The summed E-state index contributed by atoms with van der Waals surface area (Å²) in [7, 11) is 0. The molecule has 1 aromatic heterocycles. The molecule has 1 heterocycles. The van der Waals surface area contributed by atoms with Gasteiger partial charge in [0.1, 0.15) is 0 Å². The molecule has 2 aliphatic rings. The number of aliphatic carboxylic acids is 1. The third-order valence-corrected chi connectivity index (χ3v) is 5.02. The van der Waals surface area contributed by atoms with Gasteiger partial charge in [0.25, 0.3) is 5.91 Å². The fourth-order valence-corrected chi connectivity index (χ4v) is 3.35. The van der Waals surface area contributed by atoms with E-state index in [4.69, 9.17) is 5.11 Å². The topological polar surface area (TPSA) is 82.5 Å². The summed E-state index contributed by atoms with van der Waals surface area (Å²) < 4.78 is 0. The monoisotopic (exact) mass is 331 g/mol. The number of carbonyl (C=O) groups excluding carboxylic acids is 1. The van der Waals surface area contributed by atoms with Crippen LogP contribution in [0.1, 0.15) is 48.5 Å². The van der Waals surface area contributed by atoms with Crippen LogP contribution in [0.5, 0.6) is 0 Å². The van der Waals surface area contributed by atoms with Crippen molar-refractivity contribution in [3.63, 3.8) is 0 Å². The average molecular weight is 331 g/mol. The number of carbonyl (C=O) groups is 2. The van der Waals surface area contributed by atoms with Crippen LogP contribution in [0.2, 0.25) is 0 Å². The third-order valence-electron chi connectivity index (χ3n) is 5.02. The molecule has 2 N–H and O–H groups in total. The van der Waals surface area contributed by atoms with Crippen molar-refractivity contribution in [2.24, 2.45) is 5.92 Å². The van der Waals surface area contributed by atoms with E-state index in [9.17, 15) is 9.59 Å². The maximum Gasteiger partial charge on any atom is 0.317 e. The lowest BCUT2D eigenvalue weighted by molar-refractivity contribution is -0.139. The highest BCUT2D eigenvalue weighted by Crippen LogP contribution is 2.33. The predicted octanol–water partition coefficient (Wildman–Crippen LogP) is 1.70. The normalized spacial score (nSPS) is 22.9. The van der Waals surface area contributed by atoms with Crippen molar-refractivity contribution in [1.82, 2.24) is 15.2 Å². The van der Waals surface area contributed by atoms with E-state index in [2.05, 4.69) is 15.2 Å². The molecule has 1 aromatic rings. The minimum absolute atomic E-state index is 0.0512. The molecule has 2 fully saturated rings. The van der Waals surface area contributed by atoms with Crippen LogP contribution < -0.4 is 5.32 Å². The zero-order valence-corrected chi connectivity index (χ0v) is 14.1. The quantitative estimate of drug-likeness (QED) is 0.758. The van der Waals surface area contributed by atoms with Crippen molar-refractivity contribution in [3.8, 4) is 0 Å². The highest BCUT2D eigenvalue weighted by atomic mass is 16.4. The Hall–Kier alpha value is -1.95. The van der Waals surface area contributed by atoms with Crippen molar-refractivity contribution in [2.75, 3.05) is 13.1 Å². The van der Waals surface area contributed by atoms with Gasteiger partial charge in [0.05, 0.1) is 6.54 Å². The van der Waals surface area contributed by atoms with Crippen LogP contribution in [0.3, 0.4) is 0 Å². The van der Waals surface area contributed by atoms with Gasteiger partial charge in [-0.15, -0.1) is 0 Å². The number of carboxylic acid groups (broad SMARTS) is 1. The second-order valence-corrected chi connectivity index (χ2v) is 6.95. The van der Waals surface area contributed by atoms with Gasteiger partial charge in [-0.05, 0) is 49.7 Å². The highest BCUT2D eigenvalue weighted by molar-refractivity contribution is 5.95. The zero-order valence-electron chi connectivity index (χ0n) is 14.1. The van der Waals surface area contributed by atoms with Gasteiger partial charge in [-0.3, -0.25) is 19.5 Å². The Labute approximate surface area is 142 Å². The lowest BCUT2D eigenvalue weighted by Crippen LogP contribution is -2.55. The third kappa shape index (κ3) is 4.12. The minimum Gasteiger partial charge on any atom is -0.480 e. The Kier molecular flexibility index (Phi) is 5.14.